The van der Waals surface area contributed by atoms with Crippen molar-refractivity contribution in [2.24, 2.45) is 22.7 Å². The maximum absolute atomic E-state index is 12.2. The van der Waals surface area contributed by atoms with Crippen LogP contribution >= 0.6 is 0 Å². The zero-order valence-corrected chi connectivity index (χ0v) is 13.9. The van der Waals surface area contributed by atoms with Gasteiger partial charge < -0.3 is 0 Å². The summed E-state index contributed by atoms with van der Waals surface area (Å²) >= 11 is 0. The van der Waals surface area contributed by atoms with Crippen LogP contribution in [0, 0.1) is 22.7 Å². The highest BCUT2D eigenvalue weighted by atomic mass is 16.1. The van der Waals surface area contributed by atoms with Crippen molar-refractivity contribution in [2.45, 2.75) is 79.1 Å². The third-order valence-electron chi connectivity index (χ3n) is 5.78. The standard InChI is InChI=1S/C19H32O/c1-14(8-6-12-18(2,3)4)15-10-11-16-17(20)9-7-13-19(15,16)5/h15-16H,1,6-13H2,2-5H3. The van der Waals surface area contributed by atoms with E-state index in [1.165, 1.54) is 31.3 Å². The molecule has 3 unspecified atom stereocenters. The lowest BCUT2D eigenvalue weighted by Gasteiger charge is -2.40. The topological polar surface area (TPSA) is 17.1 Å². The van der Waals surface area contributed by atoms with Crippen LogP contribution in [0.2, 0.25) is 0 Å². The zero-order chi connectivity index (χ0) is 15.0. The Bertz CT molecular complexity index is 387. The molecule has 0 aromatic carbocycles. The monoisotopic (exact) mass is 276 g/mol. The summed E-state index contributed by atoms with van der Waals surface area (Å²) in [5.74, 6) is 1.46. The number of ketones is 1. The Morgan fingerprint density at radius 2 is 2.05 bits per heavy atom. The van der Waals surface area contributed by atoms with E-state index in [2.05, 4.69) is 34.3 Å². The number of hydrogen-bond acceptors (Lipinski definition) is 1. The van der Waals surface area contributed by atoms with Gasteiger partial charge >= 0.3 is 0 Å². The Morgan fingerprint density at radius 1 is 1.35 bits per heavy atom. The van der Waals surface area contributed by atoms with Crippen molar-refractivity contribution in [1.82, 2.24) is 0 Å². The van der Waals surface area contributed by atoms with Crippen LogP contribution in [-0.4, -0.2) is 5.78 Å². The van der Waals surface area contributed by atoms with Crippen LogP contribution in [0.3, 0.4) is 0 Å². The Labute approximate surface area is 125 Å². The Hall–Kier alpha value is -0.590. The summed E-state index contributed by atoms with van der Waals surface area (Å²) in [6.07, 6.45) is 9.11. The van der Waals surface area contributed by atoms with Crippen LogP contribution < -0.4 is 0 Å². The van der Waals surface area contributed by atoms with Gasteiger partial charge in [0.25, 0.3) is 0 Å². The first-order valence-corrected chi connectivity index (χ1v) is 8.44. The first-order chi connectivity index (χ1) is 9.24. The van der Waals surface area contributed by atoms with Gasteiger partial charge in [-0.05, 0) is 61.7 Å². The van der Waals surface area contributed by atoms with Crippen molar-refractivity contribution < 1.29 is 4.79 Å². The van der Waals surface area contributed by atoms with Crippen molar-refractivity contribution >= 4 is 5.78 Å². The van der Waals surface area contributed by atoms with E-state index in [-0.39, 0.29) is 5.41 Å². The molecule has 2 fully saturated rings. The maximum atomic E-state index is 12.2. The second-order valence-corrected chi connectivity index (χ2v) is 8.58. The molecule has 0 heterocycles. The first-order valence-electron chi connectivity index (χ1n) is 8.44. The van der Waals surface area contributed by atoms with Crippen molar-refractivity contribution in [3.63, 3.8) is 0 Å². The van der Waals surface area contributed by atoms with Gasteiger partial charge in [-0.25, -0.2) is 0 Å². The molecule has 0 bridgehead atoms. The molecule has 0 spiro atoms. The van der Waals surface area contributed by atoms with E-state index in [0.717, 1.165) is 25.7 Å². The van der Waals surface area contributed by atoms with E-state index in [9.17, 15) is 4.79 Å². The van der Waals surface area contributed by atoms with Gasteiger partial charge in [-0.3, -0.25) is 4.79 Å². The molecule has 0 saturated heterocycles. The minimum absolute atomic E-state index is 0.230. The summed E-state index contributed by atoms with van der Waals surface area (Å²) < 4.78 is 0. The smallest absolute Gasteiger partial charge is 0.136 e. The van der Waals surface area contributed by atoms with Gasteiger partial charge in [-0.2, -0.15) is 0 Å². The molecular formula is C19H32O. The molecule has 20 heavy (non-hydrogen) atoms. The number of hydrogen-bond donors (Lipinski definition) is 0. The lowest BCUT2D eigenvalue weighted by atomic mass is 9.63. The molecule has 2 saturated carbocycles. The van der Waals surface area contributed by atoms with Gasteiger partial charge in [0.15, 0.2) is 0 Å². The summed E-state index contributed by atoms with van der Waals surface area (Å²) in [6.45, 7) is 13.7. The van der Waals surface area contributed by atoms with Crippen molar-refractivity contribution in [3.05, 3.63) is 12.2 Å². The van der Waals surface area contributed by atoms with Gasteiger partial charge in [0.2, 0.25) is 0 Å². The molecule has 114 valence electrons. The largest absolute Gasteiger partial charge is 0.299 e. The number of allylic oxidation sites excluding steroid dienone is 1. The van der Waals surface area contributed by atoms with Gasteiger partial charge in [0.05, 0.1) is 0 Å². The summed E-state index contributed by atoms with van der Waals surface area (Å²) in [4.78, 5) is 12.2. The van der Waals surface area contributed by atoms with Crippen LogP contribution in [0.25, 0.3) is 0 Å². The molecular weight excluding hydrogens is 244 g/mol. The molecule has 1 nitrogen and oxygen atoms in total. The molecule has 0 N–H and O–H groups in total. The molecule has 0 aliphatic heterocycles. The number of fused-ring (bicyclic) bond motifs is 1. The van der Waals surface area contributed by atoms with Gasteiger partial charge in [0, 0.05) is 12.3 Å². The van der Waals surface area contributed by atoms with Crippen LogP contribution in [0.4, 0.5) is 0 Å². The predicted octanol–water partition coefficient (Wildman–Crippen LogP) is 5.54. The fraction of sp³-hybridized carbons (Fsp3) is 0.842. The quantitative estimate of drug-likeness (QED) is 0.616. The Balaban J connectivity index is 1.95. The van der Waals surface area contributed by atoms with Crippen LogP contribution in [0.5, 0.6) is 0 Å². The van der Waals surface area contributed by atoms with Gasteiger partial charge in [-0.15, -0.1) is 0 Å². The lowest BCUT2D eigenvalue weighted by molar-refractivity contribution is -0.129. The minimum Gasteiger partial charge on any atom is -0.299 e. The summed E-state index contributed by atoms with van der Waals surface area (Å²) in [5.41, 5.74) is 2.08. The average Bonchev–Trinajstić information content (AvgIpc) is 2.66. The highest BCUT2D eigenvalue weighted by molar-refractivity contribution is 5.83. The Kier molecular flexibility index (Phi) is 4.47. The van der Waals surface area contributed by atoms with E-state index in [1.807, 2.05) is 0 Å². The minimum atomic E-state index is 0.230. The lowest BCUT2D eigenvalue weighted by Crippen LogP contribution is -2.37. The van der Waals surface area contributed by atoms with Crippen LogP contribution in [0.15, 0.2) is 12.2 Å². The van der Waals surface area contributed by atoms with E-state index >= 15 is 0 Å². The number of Topliss-reactive ketones (excluding diaryl/α,β-unsaturated/α-hetero) is 1. The van der Waals surface area contributed by atoms with Crippen molar-refractivity contribution in [2.75, 3.05) is 0 Å². The number of rotatable bonds is 4. The molecule has 2 aliphatic carbocycles. The average molecular weight is 276 g/mol. The fourth-order valence-electron chi connectivity index (χ4n) is 4.62. The first kappa shape index (κ1) is 15.8. The van der Waals surface area contributed by atoms with E-state index in [0.29, 0.717) is 23.0 Å². The van der Waals surface area contributed by atoms with E-state index < -0.39 is 0 Å². The SMILES string of the molecule is C=C(CCCC(C)(C)C)C1CCC2C(=O)CCCC12C. The number of carbonyl (C=O) groups is 1. The molecule has 0 radical (unpaired) electrons. The third-order valence-corrected chi connectivity index (χ3v) is 5.78. The maximum Gasteiger partial charge on any atom is 0.136 e. The second-order valence-electron chi connectivity index (χ2n) is 8.58. The summed E-state index contributed by atoms with van der Waals surface area (Å²) in [5, 5.41) is 0. The zero-order valence-electron chi connectivity index (χ0n) is 13.9. The molecule has 1 heteroatoms. The third kappa shape index (κ3) is 3.18. The second kappa shape index (κ2) is 5.66. The van der Waals surface area contributed by atoms with Gasteiger partial charge in [0.1, 0.15) is 5.78 Å². The summed E-state index contributed by atoms with van der Waals surface area (Å²) in [6, 6.07) is 0. The van der Waals surface area contributed by atoms with E-state index in [1.54, 1.807) is 0 Å². The molecule has 2 rings (SSSR count). The fourth-order valence-corrected chi connectivity index (χ4v) is 4.62. The van der Waals surface area contributed by atoms with Crippen molar-refractivity contribution in [3.8, 4) is 0 Å². The van der Waals surface area contributed by atoms with Gasteiger partial charge in [-0.1, -0.05) is 39.8 Å². The highest BCUT2D eigenvalue weighted by Gasteiger charge is 2.51. The molecule has 0 amide bonds. The summed E-state index contributed by atoms with van der Waals surface area (Å²) in [7, 11) is 0. The van der Waals surface area contributed by atoms with E-state index in [4.69, 9.17) is 0 Å². The highest BCUT2D eigenvalue weighted by Crippen LogP contribution is 2.56. The van der Waals surface area contributed by atoms with Crippen LogP contribution in [-0.2, 0) is 4.79 Å². The van der Waals surface area contributed by atoms with Crippen molar-refractivity contribution in [1.29, 1.82) is 0 Å². The molecule has 0 aromatic rings. The number of carbonyl (C=O) groups excluding carboxylic acids is 1. The van der Waals surface area contributed by atoms with Crippen LogP contribution in [0.1, 0.15) is 79.1 Å². The normalized spacial score (nSPS) is 34.1. The molecule has 2 aliphatic rings. The molecule has 0 aromatic heterocycles. The Morgan fingerprint density at radius 3 is 2.70 bits per heavy atom. The molecule has 3 atom stereocenters. The predicted molar refractivity (Wildman–Crippen MR) is 85.6 cm³/mol.